The van der Waals surface area contributed by atoms with Crippen LogP contribution in [0.5, 0.6) is 0 Å². The van der Waals surface area contributed by atoms with E-state index in [2.05, 4.69) is 20.8 Å². The maximum atomic E-state index is 12.3. The number of hydrogen-bond donors (Lipinski definition) is 3. The molecule has 2 heterocycles. The molecule has 1 aromatic heterocycles. The van der Waals surface area contributed by atoms with E-state index in [9.17, 15) is 9.59 Å². The standard InChI is InChI=1S/C15H16N4O2/c1-2-9-8-16-19-14(9)18-15(21)11-3-5-12-10(7-11)4-6-13(20)17-12/h3,5,7-8H,2,4,6H2,1H3,(H,17,20)(H2,16,18,19,21). The average molecular weight is 284 g/mol. The van der Waals surface area contributed by atoms with Crippen LogP contribution in [-0.2, 0) is 17.6 Å². The van der Waals surface area contributed by atoms with Crippen molar-refractivity contribution < 1.29 is 9.59 Å². The van der Waals surface area contributed by atoms with Gasteiger partial charge < -0.3 is 10.6 Å². The molecule has 0 aliphatic carbocycles. The van der Waals surface area contributed by atoms with Crippen molar-refractivity contribution in [3.05, 3.63) is 41.1 Å². The number of H-pyrrole nitrogens is 1. The highest BCUT2D eigenvalue weighted by Gasteiger charge is 2.17. The SMILES string of the molecule is CCc1cn[nH]c1NC(=O)c1ccc2c(c1)CCC(=O)N2. The molecule has 108 valence electrons. The molecule has 3 N–H and O–H groups in total. The molecule has 1 aromatic carbocycles. The number of carbonyl (C=O) groups excluding carboxylic acids is 2. The largest absolute Gasteiger partial charge is 0.326 e. The first-order valence-electron chi connectivity index (χ1n) is 6.93. The van der Waals surface area contributed by atoms with Crippen LogP contribution in [-0.4, -0.2) is 22.0 Å². The Morgan fingerprint density at radius 2 is 2.24 bits per heavy atom. The van der Waals surface area contributed by atoms with Gasteiger partial charge in [-0.3, -0.25) is 14.7 Å². The molecule has 2 aromatic rings. The maximum absolute atomic E-state index is 12.3. The van der Waals surface area contributed by atoms with E-state index >= 15 is 0 Å². The van der Waals surface area contributed by atoms with Crippen molar-refractivity contribution in [1.82, 2.24) is 10.2 Å². The zero-order valence-corrected chi connectivity index (χ0v) is 11.7. The first kappa shape index (κ1) is 13.4. The molecule has 1 aliphatic rings. The van der Waals surface area contributed by atoms with Gasteiger partial charge in [0.2, 0.25) is 5.91 Å². The van der Waals surface area contributed by atoms with Crippen LogP contribution in [0.1, 0.15) is 34.8 Å². The van der Waals surface area contributed by atoms with Gasteiger partial charge in [0.15, 0.2) is 0 Å². The van der Waals surface area contributed by atoms with Gasteiger partial charge in [0.1, 0.15) is 5.82 Å². The van der Waals surface area contributed by atoms with Crippen molar-refractivity contribution >= 4 is 23.3 Å². The number of fused-ring (bicyclic) bond motifs is 1. The lowest BCUT2D eigenvalue weighted by Crippen LogP contribution is -2.20. The van der Waals surface area contributed by atoms with E-state index in [1.165, 1.54) is 0 Å². The minimum absolute atomic E-state index is 0.0183. The molecule has 3 rings (SSSR count). The minimum Gasteiger partial charge on any atom is -0.326 e. The lowest BCUT2D eigenvalue weighted by atomic mass is 10.00. The van der Waals surface area contributed by atoms with Crippen LogP contribution in [0, 0.1) is 0 Å². The van der Waals surface area contributed by atoms with Gasteiger partial charge >= 0.3 is 0 Å². The molecule has 0 radical (unpaired) electrons. The number of rotatable bonds is 3. The van der Waals surface area contributed by atoms with E-state index in [-0.39, 0.29) is 11.8 Å². The lowest BCUT2D eigenvalue weighted by Gasteiger charge is -2.17. The van der Waals surface area contributed by atoms with Gasteiger partial charge in [0.25, 0.3) is 5.91 Å². The normalized spacial score (nSPS) is 13.5. The molecule has 21 heavy (non-hydrogen) atoms. The number of nitrogens with zero attached hydrogens (tertiary/aromatic N) is 1. The highest BCUT2D eigenvalue weighted by molar-refractivity contribution is 6.05. The van der Waals surface area contributed by atoms with Gasteiger partial charge in [-0.15, -0.1) is 0 Å². The van der Waals surface area contributed by atoms with E-state index in [1.54, 1.807) is 18.3 Å². The van der Waals surface area contributed by atoms with Crippen LogP contribution in [0.3, 0.4) is 0 Å². The summed E-state index contributed by atoms with van der Waals surface area (Å²) in [6, 6.07) is 5.31. The Kier molecular flexibility index (Phi) is 3.43. The van der Waals surface area contributed by atoms with Crippen LogP contribution in [0.15, 0.2) is 24.4 Å². The Labute approximate surface area is 121 Å². The van der Waals surface area contributed by atoms with E-state index in [1.807, 2.05) is 13.0 Å². The maximum Gasteiger partial charge on any atom is 0.256 e. The first-order valence-corrected chi connectivity index (χ1v) is 6.93. The lowest BCUT2D eigenvalue weighted by molar-refractivity contribution is -0.116. The predicted molar refractivity (Wildman–Crippen MR) is 79.3 cm³/mol. The summed E-state index contributed by atoms with van der Waals surface area (Å²) in [6.07, 6.45) is 3.62. The highest BCUT2D eigenvalue weighted by Crippen LogP contribution is 2.24. The quantitative estimate of drug-likeness (QED) is 0.806. The number of aromatic nitrogens is 2. The third kappa shape index (κ3) is 2.65. The summed E-state index contributed by atoms with van der Waals surface area (Å²) < 4.78 is 0. The zero-order valence-electron chi connectivity index (χ0n) is 11.7. The molecular weight excluding hydrogens is 268 g/mol. The Morgan fingerprint density at radius 1 is 1.38 bits per heavy atom. The van der Waals surface area contributed by atoms with Crippen molar-refractivity contribution in [2.75, 3.05) is 10.6 Å². The van der Waals surface area contributed by atoms with Gasteiger partial charge in [-0.1, -0.05) is 6.92 Å². The molecule has 0 atom stereocenters. The average Bonchev–Trinajstić information content (AvgIpc) is 2.93. The van der Waals surface area contributed by atoms with Crippen molar-refractivity contribution in [3.63, 3.8) is 0 Å². The Morgan fingerprint density at radius 3 is 3.05 bits per heavy atom. The fourth-order valence-electron chi connectivity index (χ4n) is 2.40. The van der Waals surface area contributed by atoms with Crippen LogP contribution in [0.4, 0.5) is 11.5 Å². The summed E-state index contributed by atoms with van der Waals surface area (Å²) in [4.78, 5) is 23.6. The zero-order chi connectivity index (χ0) is 14.8. The number of benzene rings is 1. The fourth-order valence-corrected chi connectivity index (χ4v) is 2.40. The summed E-state index contributed by atoms with van der Waals surface area (Å²) in [7, 11) is 0. The number of hydrogen-bond acceptors (Lipinski definition) is 3. The van der Waals surface area contributed by atoms with E-state index in [4.69, 9.17) is 0 Å². The highest BCUT2D eigenvalue weighted by atomic mass is 16.2. The van der Waals surface area contributed by atoms with E-state index < -0.39 is 0 Å². The number of aryl methyl sites for hydroxylation is 2. The topological polar surface area (TPSA) is 86.9 Å². The summed E-state index contributed by atoms with van der Waals surface area (Å²) in [5, 5.41) is 12.3. The van der Waals surface area contributed by atoms with Crippen LogP contribution in [0.25, 0.3) is 0 Å². The Hall–Kier alpha value is -2.63. The fraction of sp³-hybridized carbons (Fsp3) is 0.267. The summed E-state index contributed by atoms with van der Waals surface area (Å²) in [6.45, 7) is 2.00. The van der Waals surface area contributed by atoms with Gasteiger partial charge in [0.05, 0.1) is 6.20 Å². The van der Waals surface area contributed by atoms with Gasteiger partial charge in [-0.25, -0.2) is 0 Å². The van der Waals surface area contributed by atoms with Gasteiger partial charge in [-0.05, 0) is 36.6 Å². The van der Waals surface area contributed by atoms with Crippen LogP contribution < -0.4 is 10.6 Å². The monoisotopic (exact) mass is 284 g/mol. The summed E-state index contributed by atoms with van der Waals surface area (Å²) in [5.74, 6) is 0.465. The second-order valence-electron chi connectivity index (χ2n) is 5.00. The molecule has 0 saturated carbocycles. The Balaban J connectivity index is 1.81. The number of carbonyl (C=O) groups is 2. The smallest absolute Gasteiger partial charge is 0.256 e. The van der Waals surface area contributed by atoms with Crippen molar-refractivity contribution in [1.29, 1.82) is 0 Å². The van der Waals surface area contributed by atoms with Crippen molar-refractivity contribution in [3.8, 4) is 0 Å². The second kappa shape index (κ2) is 5.40. The van der Waals surface area contributed by atoms with Gasteiger partial charge in [0, 0.05) is 23.2 Å². The molecular formula is C15H16N4O2. The number of amides is 2. The van der Waals surface area contributed by atoms with Gasteiger partial charge in [-0.2, -0.15) is 5.10 Å². The van der Waals surface area contributed by atoms with Crippen molar-refractivity contribution in [2.24, 2.45) is 0 Å². The van der Waals surface area contributed by atoms with E-state index in [0.29, 0.717) is 24.2 Å². The van der Waals surface area contributed by atoms with Crippen LogP contribution >= 0.6 is 0 Å². The van der Waals surface area contributed by atoms with Crippen molar-refractivity contribution in [2.45, 2.75) is 26.2 Å². The first-order chi connectivity index (χ1) is 10.2. The third-order valence-corrected chi connectivity index (χ3v) is 3.60. The molecule has 0 saturated heterocycles. The minimum atomic E-state index is -0.186. The Bertz CT molecular complexity index is 705. The second-order valence-corrected chi connectivity index (χ2v) is 5.00. The summed E-state index contributed by atoms with van der Waals surface area (Å²) >= 11 is 0. The molecule has 1 aliphatic heterocycles. The molecule has 0 unspecified atom stereocenters. The number of nitrogens with one attached hydrogen (secondary N) is 3. The van der Waals surface area contributed by atoms with E-state index in [0.717, 1.165) is 23.2 Å². The molecule has 0 spiro atoms. The third-order valence-electron chi connectivity index (χ3n) is 3.60. The molecule has 0 fully saturated rings. The number of aromatic amines is 1. The summed E-state index contributed by atoms with van der Waals surface area (Å²) in [5.41, 5.74) is 3.32. The molecule has 6 nitrogen and oxygen atoms in total. The molecule has 6 heteroatoms. The molecule has 2 amide bonds. The van der Waals surface area contributed by atoms with Crippen LogP contribution in [0.2, 0.25) is 0 Å². The number of anilines is 2. The predicted octanol–water partition coefficient (Wildman–Crippen LogP) is 2.11. The molecule has 0 bridgehead atoms.